The molecule has 4 rings (SSSR count). The first-order valence-electron chi connectivity index (χ1n) is 10.3. The average molecular weight is 610 g/mol. The van der Waals surface area contributed by atoms with E-state index in [1.165, 1.54) is 28.4 Å². The number of pyridine rings is 2. The number of carbonyl (C=O) groups excluding carboxylic acids is 1. The molecule has 2 aromatic heterocycles. The summed E-state index contributed by atoms with van der Waals surface area (Å²) in [5.41, 5.74) is 1.52. The van der Waals surface area contributed by atoms with E-state index in [-0.39, 0.29) is 46.3 Å². The Hall–Kier alpha value is -1.57. The number of hydrogen-bond acceptors (Lipinski definition) is 5. The quantitative estimate of drug-likeness (QED) is 0.307. The molecule has 1 amide bonds. The Morgan fingerprint density at radius 2 is 1.85 bits per heavy atom. The Morgan fingerprint density at radius 3 is 2.38 bits per heavy atom. The summed E-state index contributed by atoms with van der Waals surface area (Å²) in [7, 11) is 1.39. The van der Waals surface area contributed by atoms with Crippen molar-refractivity contribution < 1.29 is 26.7 Å². The second-order valence-electron chi connectivity index (χ2n) is 8.21. The van der Waals surface area contributed by atoms with E-state index in [1.54, 1.807) is 27.9 Å². The first-order chi connectivity index (χ1) is 15.8. The van der Waals surface area contributed by atoms with Crippen LogP contribution in [0.2, 0.25) is 4.87 Å². The van der Waals surface area contributed by atoms with Gasteiger partial charge in [0, 0.05) is 49.8 Å². The summed E-state index contributed by atoms with van der Waals surface area (Å²) >= 11 is 1.75. The number of piperidine rings is 1. The van der Waals surface area contributed by atoms with Gasteiger partial charge in [-0.05, 0) is 30.0 Å². The third-order valence-corrected chi connectivity index (χ3v) is 5.97. The van der Waals surface area contributed by atoms with Gasteiger partial charge in [-0.25, -0.2) is 18.7 Å². The fraction of sp³-hybridized carbons (Fsp3) is 0.476. The fourth-order valence-electron chi connectivity index (χ4n) is 4.16. The molecule has 1 saturated heterocycles. The Morgan fingerprint density at radius 1 is 1.24 bits per heavy atom. The van der Waals surface area contributed by atoms with Crippen LogP contribution in [0.15, 0.2) is 24.4 Å². The molecule has 6 nitrogen and oxygen atoms in total. The summed E-state index contributed by atoms with van der Waals surface area (Å²) in [6, 6.07) is 3.15. The van der Waals surface area contributed by atoms with Gasteiger partial charge in [0.25, 0.3) is 5.66 Å². The van der Waals surface area contributed by atoms with Crippen LogP contribution in [-0.2, 0) is 17.4 Å². The van der Waals surface area contributed by atoms with Crippen LogP contribution in [0, 0.1) is 11.8 Å². The maximum atomic E-state index is 13.9. The van der Waals surface area contributed by atoms with Gasteiger partial charge in [-0.1, -0.05) is 9.24 Å². The summed E-state index contributed by atoms with van der Waals surface area (Å²) in [6.07, 6.45) is -4.30. The van der Waals surface area contributed by atoms with Crippen molar-refractivity contribution in [3.05, 3.63) is 35.5 Å². The number of carbonyl (C=O) groups is 1. The summed E-state index contributed by atoms with van der Waals surface area (Å²) < 4.78 is 68.8. The third kappa shape index (κ3) is 6.16. The van der Waals surface area contributed by atoms with Crippen LogP contribution < -0.4 is 16.0 Å². The third-order valence-electron chi connectivity index (χ3n) is 5.76. The molecule has 0 spiro atoms. The predicted octanol–water partition coefficient (Wildman–Crippen LogP) is 3.73. The van der Waals surface area contributed by atoms with Crippen molar-refractivity contribution in [3.8, 4) is 11.3 Å². The standard InChI is InChI=1S/C20H21F5N5OP.CH3.Sb/c1-9(31)28-18-12(6-19(21,22)32)11(2-3-27-18)15-4-10(20(23,24)25)5-16(29-15)30-7-13-14(8-30)17(13)26;;/h2-5,13-14,17H,6-8,26,32H2,1H3,(H,27,28,31);1H3;/t13-,14?,17?;;/m1../s1. The number of nitrogens with two attached hydrogens (primary N) is 1. The Bertz CT molecular complexity index is 1050. The zero-order chi connectivity index (χ0) is 25.4. The zero-order valence-corrected chi connectivity index (χ0v) is 22.1. The van der Waals surface area contributed by atoms with Gasteiger partial charge in [0.1, 0.15) is 11.6 Å². The number of anilines is 2. The van der Waals surface area contributed by atoms with Gasteiger partial charge < -0.3 is 16.0 Å². The number of fused-ring (bicyclic) bond motifs is 1. The average Bonchev–Trinajstić information content (AvgIpc) is 3.13. The molecule has 4 atom stereocenters. The van der Waals surface area contributed by atoms with E-state index in [0.717, 1.165) is 12.1 Å². The number of rotatable bonds is 5. The normalized spacial score (nSPS) is 21.5. The van der Waals surface area contributed by atoms with E-state index in [0.29, 0.717) is 13.1 Å². The molecule has 13 heteroatoms. The summed E-state index contributed by atoms with van der Waals surface area (Å²) in [6.45, 7) is 2.16. The van der Waals surface area contributed by atoms with Gasteiger partial charge in [-0.3, -0.25) is 4.79 Å². The summed E-state index contributed by atoms with van der Waals surface area (Å²) in [4.78, 5) is 23.6. The molecule has 2 radical (unpaired) electrons. The molecule has 2 aromatic rings. The van der Waals surface area contributed by atoms with Crippen LogP contribution in [0.4, 0.5) is 33.6 Å². The molecule has 3 unspecified atom stereocenters. The van der Waals surface area contributed by atoms with Crippen molar-refractivity contribution in [1.29, 1.82) is 0 Å². The minimum atomic E-state index is -4.66. The minimum absolute atomic E-state index is 0.0410. The van der Waals surface area contributed by atoms with Gasteiger partial charge in [0.2, 0.25) is 5.91 Å². The zero-order valence-electron chi connectivity index (χ0n) is 18.4. The van der Waals surface area contributed by atoms with Gasteiger partial charge in [-0.15, -0.1) is 0 Å². The van der Waals surface area contributed by atoms with Crippen molar-refractivity contribution in [1.82, 2.24) is 9.97 Å². The molecular weight excluding hydrogens is 586 g/mol. The van der Waals surface area contributed by atoms with Gasteiger partial charge in [-0.2, -0.15) is 13.2 Å². The number of amides is 1. The molecule has 184 valence electrons. The van der Waals surface area contributed by atoms with Crippen molar-refractivity contribution in [2.45, 2.75) is 36.1 Å². The van der Waals surface area contributed by atoms with E-state index < -0.39 is 29.7 Å². The van der Waals surface area contributed by atoms with Gasteiger partial charge >= 0.3 is 34.1 Å². The number of nitrogens with one attached hydrogen (secondary N) is 1. The first kappa shape index (κ1) is 27.0. The molecule has 2 fully saturated rings. The molecule has 34 heavy (non-hydrogen) atoms. The SMILES string of the molecule is CC(=O)Nc1nccc(-c2cc(C(F)(F)F)cc(N3CC4C(N)[C@@H]4C3)n2)c1CC(F)(F)P.[CH3][Sb]. The maximum absolute atomic E-state index is 13.9. The molecule has 3 N–H and O–H groups in total. The molecule has 3 heterocycles. The van der Waals surface area contributed by atoms with Crippen LogP contribution in [0.1, 0.15) is 18.1 Å². The predicted molar refractivity (Wildman–Crippen MR) is 124 cm³/mol. The Kier molecular flexibility index (Phi) is 8.10. The van der Waals surface area contributed by atoms with Crippen molar-refractivity contribution in [2.24, 2.45) is 17.6 Å². The topological polar surface area (TPSA) is 84.1 Å². The van der Waals surface area contributed by atoms with Gasteiger partial charge in [0.05, 0.1) is 11.3 Å². The first-order valence-corrected chi connectivity index (χ1v) is 13.4. The van der Waals surface area contributed by atoms with Crippen molar-refractivity contribution in [2.75, 3.05) is 23.3 Å². The van der Waals surface area contributed by atoms with Crippen LogP contribution in [0.25, 0.3) is 11.3 Å². The Balaban J connectivity index is 0.00000158. The van der Waals surface area contributed by atoms with Crippen LogP contribution in [0.5, 0.6) is 0 Å². The molecule has 1 aliphatic heterocycles. The van der Waals surface area contributed by atoms with Crippen molar-refractivity contribution >= 4 is 49.8 Å². The van der Waals surface area contributed by atoms with E-state index >= 15 is 0 Å². The fourth-order valence-corrected chi connectivity index (χ4v) is 4.36. The molecule has 2 aliphatic rings. The summed E-state index contributed by atoms with van der Waals surface area (Å²) in [5, 5.41) is 2.37. The van der Waals surface area contributed by atoms with Crippen LogP contribution in [0.3, 0.4) is 0 Å². The molecule has 0 bridgehead atoms. The van der Waals surface area contributed by atoms with E-state index in [1.807, 2.05) is 0 Å². The monoisotopic (exact) mass is 609 g/mol. The molecular formula is C21H24F5N5OPSb. The number of hydrogen-bond donors (Lipinski definition) is 2. The molecule has 1 saturated carbocycles. The van der Waals surface area contributed by atoms with E-state index in [9.17, 15) is 26.7 Å². The Labute approximate surface area is 210 Å². The number of aromatic nitrogens is 2. The van der Waals surface area contributed by atoms with Crippen LogP contribution in [-0.4, -0.2) is 63.7 Å². The second-order valence-corrected chi connectivity index (χ2v) is 9.06. The number of alkyl halides is 5. The number of halogens is 5. The summed E-state index contributed by atoms with van der Waals surface area (Å²) in [5.74, 6) is -0.155. The second kappa shape index (κ2) is 10.2. The number of nitrogens with zero attached hydrogens (tertiary/aromatic N) is 3. The van der Waals surface area contributed by atoms with Gasteiger partial charge in [0.15, 0.2) is 0 Å². The molecule has 0 aromatic carbocycles. The van der Waals surface area contributed by atoms with Crippen LogP contribution >= 0.6 is 9.24 Å². The van der Waals surface area contributed by atoms with E-state index in [2.05, 4.69) is 20.2 Å². The van der Waals surface area contributed by atoms with E-state index in [4.69, 9.17) is 5.73 Å². The molecule has 1 aliphatic carbocycles. The van der Waals surface area contributed by atoms with Crippen molar-refractivity contribution in [3.63, 3.8) is 0 Å².